The van der Waals surface area contributed by atoms with Crippen molar-refractivity contribution in [3.63, 3.8) is 0 Å². The first-order valence-electron chi connectivity index (χ1n) is 5.79. The van der Waals surface area contributed by atoms with Crippen molar-refractivity contribution in [2.75, 3.05) is 26.3 Å². The summed E-state index contributed by atoms with van der Waals surface area (Å²) in [6.07, 6.45) is 0.566. The van der Waals surface area contributed by atoms with Gasteiger partial charge in [0.15, 0.2) is 5.79 Å². The first-order valence-corrected chi connectivity index (χ1v) is 5.79. The van der Waals surface area contributed by atoms with Crippen molar-refractivity contribution in [1.29, 1.82) is 0 Å². The van der Waals surface area contributed by atoms with E-state index >= 15 is 0 Å². The van der Waals surface area contributed by atoms with Gasteiger partial charge < -0.3 is 20.1 Å². The molecule has 5 nitrogen and oxygen atoms in total. The number of likely N-dealkylation sites (tertiary alicyclic amines) is 1. The van der Waals surface area contributed by atoms with Crippen LogP contribution in [0, 0.1) is 5.92 Å². The Labute approximate surface area is 95.9 Å². The van der Waals surface area contributed by atoms with Crippen molar-refractivity contribution >= 4 is 5.91 Å². The highest BCUT2D eigenvalue weighted by molar-refractivity contribution is 5.79. The third-order valence-electron chi connectivity index (χ3n) is 3.26. The molecule has 0 aromatic rings. The van der Waals surface area contributed by atoms with Crippen LogP contribution < -0.4 is 5.73 Å². The standard InChI is InChI=1S/C11H20N2O3/c1-11(2)15-6-9(7-16-11)13-5-8(4-12)3-10(13)14/h8-9H,3-7,12H2,1-2H3. The Hall–Kier alpha value is -0.650. The van der Waals surface area contributed by atoms with Crippen LogP contribution in [0.4, 0.5) is 0 Å². The molecule has 0 spiro atoms. The molecular formula is C11H20N2O3. The van der Waals surface area contributed by atoms with E-state index < -0.39 is 5.79 Å². The highest BCUT2D eigenvalue weighted by Gasteiger charge is 2.38. The van der Waals surface area contributed by atoms with Gasteiger partial charge in [0.1, 0.15) is 0 Å². The van der Waals surface area contributed by atoms with E-state index in [0.717, 1.165) is 6.54 Å². The topological polar surface area (TPSA) is 64.8 Å². The minimum atomic E-state index is -0.521. The van der Waals surface area contributed by atoms with Gasteiger partial charge in [-0.3, -0.25) is 4.79 Å². The lowest BCUT2D eigenvalue weighted by atomic mass is 10.1. The van der Waals surface area contributed by atoms with E-state index in [2.05, 4.69) is 0 Å². The van der Waals surface area contributed by atoms with Gasteiger partial charge >= 0.3 is 0 Å². The van der Waals surface area contributed by atoms with Crippen molar-refractivity contribution in [3.05, 3.63) is 0 Å². The maximum atomic E-state index is 11.8. The van der Waals surface area contributed by atoms with Gasteiger partial charge in [0.25, 0.3) is 0 Å². The molecule has 2 rings (SSSR count). The summed E-state index contributed by atoms with van der Waals surface area (Å²) in [5.74, 6) is -0.0539. The Morgan fingerprint density at radius 2 is 2.06 bits per heavy atom. The van der Waals surface area contributed by atoms with E-state index in [1.54, 1.807) is 0 Å². The van der Waals surface area contributed by atoms with E-state index in [0.29, 0.717) is 32.1 Å². The summed E-state index contributed by atoms with van der Waals surface area (Å²) < 4.78 is 11.1. The van der Waals surface area contributed by atoms with E-state index in [9.17, 15) is 4.79 Å². The molecule has 2 N–H and O–H groups in total. The normalized spacial score (nSPS) is 31.1. The minimum Gasteiger partial charge on any atom is -0.348 e. The van der Waals surface area contributed by atoms with Crippen LogP contribution in [0.1, 0.15) is 20.3 Å². The zero-order valence-corrected chi connectivity index (χ0v) is 9.94. The van der Waals surface area contributed by atoms with Gasteiger partial charge in [-0.15, -0.1) is 0 Å². The summed E-state index contributed by atoms with van der Waals surface area (Å²) in [6.45, 7) is 6.19. The van der Waals surface area contributed by atoms with Crippen LogP contribution in [0.25, 0.3) is 0 Å². The Morgan fingerprint density at radius 1 is 1.44 bits per heavy atom. The fourth-order valence-electron chi connectivity index (χ4n) is 2.18. The maximum absolute atomic E-state index is 11.8. The average molecular weight is 228 g/mol. The molecule has 0 aromatic heterocycles. The molecule has 0 saturated carbocycles. The first-order chi connectivity index (χ1) is 7.52. The lowest BCUT2D eigenvalue weighted by molar-refractivity contribution is -0.262. The second kappa shape index (κ2) is 4.31. The Balaban J connectivity index is 1.92. The molecule has 0 radical (unpaired) electrons. The van der Waals surface area contributed by atoms with Crippen LogP contribution in [0.2, 0.25) is 0 Å². The van der Waals surface area contributed by atoms with Crippen molar-refractivity contribution in [1.82, 2.24) is 4.90 Å². The summed E-state index contributed by atoms with van der Waals surface area (Å²) in [6, 6.07) is 0.0528. The molecule has 1 unspecified atom stereocenters. The molecule has 2 fully saturated rings. The number of hydrogen-bond donors (Lipinski definition) is 1. The van der Waals surface area contributed by atoms with Crippen molar-refractivity contribution in [2.45, 2.75) is 32.1 Å². The number of rotatable bonds is 2. The predicted octanol–water partition coefficient (Wildman–Crippen LogP) is -0.0549. The van der Waals surface area contributed by atoms with Gasteiger partial charge in [-0.25, -0.2) is 0 Å². The largest absolute Gasteiger partial charge is 0.348 e. The molecule has 2 aliphatic heterocycles. The summed E-state index contributed by atoms with van der Waals surface area (Å²) in [7, 11) is 0. The van der Waals surface area contributed by atoms with Crippen LogP contribution in [-0.4, -0.2) is 48.9 Å². The van der Waals surface area contributed by atoms with E-state index in [4.69, 9.17) is 15.2 Å². The second-order valence-corrected chi connectivity index (χ2v) is 5.03. The number of hydrogen-bond acceptors (Lipinski definition) is 4. The molecule has 92 valence electrons. The molecule has 5 heteroatoms. The van der Waals surface area contributed by atoms with Gasteiger partial charge in [-0.1, -0.05) is 0 Å². The fraction of sp³-hybridized carbons (Fsp3) is 0.909. The quantitative estimate of drug-likeness (QED) is 0.719. The second-order valence-electron chi connectivity index (χ2n) is 5.03. The Bertz CT molecular complexity index is 270. The zero-order valence-electron chi connectivity index (χ0n) is 9.94. The first kappa shape index (κ1) is 11.8. The SMILES string of the molecule is CC1(C)OCC(N2CC(CN)CC2=O)CO1. The van der Waals surface area contributed by atoms with Gasteiger partial charge in [-0.05, 0) is 26.3 Å². The molecule has 16 heavy (non-hydrogen) atoms. The Kier molecular flexibility index (Phi) is 3.19. The summed E-state index contributed by atoms with van der Waals surface area (Å²) in [5.41, 5.74) is 5.59. The van der Waals surface area contributed by atoms with E-state index in [1.165, 1.54) is 0 Å². The smallest absolute Gasteiger partial charge is 0.223 e. The predicted molar refractivity (Wildman–Crippen MR) is 58.6 cm³/mol. The third-order valence-corrected chi connectivity index (χ3v) is 3.26. The van der Waals surface area contributed by atoms with Gasteiger partial charge in [0, 0.05) is 13.0 Å². The highest BCUT2D eigenvalue weighted by Crippen LogP contribution is 2.25. The number of nitrogens with two attached hydrogens (primary N) is 1. The zero-order chi connectivity index (χ0) is 11.8. The number of nitrogens with zero attached hydrogens (tertiary/aromatic N) is 1. The number of carbonyl (C=O) groups is 1. The number of ether oxygens (including phenoxy) is 2. The monoisotopic (exact) mass is 228 g/mol. The van der Waals surface area contributed by atoms with E-state index in [1.807, 2.05) is 18.7 Å². The fourth-order valence-corrected chi connectivity index (χ4v) is 2.18. The molecule has 1 amide bonds. The lowest BCUT2D eigenvalue weighted by Gasteiger charge is -2.38. The van der Waals surface area contributed by atoms with E-state index in [-0.39, 0.29) is 11.9 Å². The van der Waals surface area contributed by atoms with Gasteiger partial charge in [0.05, 0.1) is 19.3 Å². The Morgan fingerprint density at radius 3 is 2.56 bits per heavy atom. The molecule has 0 aliphatic carbocycles. The summed E-state index contributed by atoms with van der Waals surface area (Å²) in [4.78, 5) is 13.6. The van der Waals surface area contributed by atoms with Crippen LogP contribution in [-0.2, 0) is 14.3 Å². The molecule has 2 saturated heterocycles. The maximum Gasteiger partial charge on any atom is 0.223 e. The van der Waals surface area contributed by atoms with Gasteiger partial charge in [0.2, 0.25) is 5.91 Å². The van der Waals surface area contributed by atoms with Crippen molar-refractivity contribution in [2.24, 2.45) is 11.7 Å². The van der Waals surface area contributed by atoms with Gasteiger partial charge in [-0.2, -0.15) is 0 Å². The molecule has 0 bridgehead atoms. The average Bonchev–Trinajstić information content (AvgIpc) is 2.60. The molecule has 0 aromatic carbocycles. The third kappa shape index (κ3) is 2.36. The number of amides is 1. The van der Waals surface area contributed by atoms with Crippen molar-refractivity contribution < 1.29 is 14.3 Å². The molecule has 2 heterocycles. The number of carbonyl (C=O) groups excluding carboxylic acids is 1. The minimum absolute atomic E-state index is 0.0528. The molecule has 2 aliphatic rings. The van der Waals surface area contributed by atoms with Crippen molar-refractivity contribution in [3.8, 4) is 0 Å². The molecular weight excluding hydrogens is 208 g/mol. The van der Waals surface area contributed by atoms with Crippen LogP contribution in [0.15, 0.2) is 0 Å². The lowest BCUT2D eigenvalue weighted by Crippen LogP contribution is -2.51. The summed E-state index contributed by atoms with van der Waals surface area (Å²) >= 11 is 0. The summed E-state index contributed by atoms with van der Waals surface area (Å²) in [5, 5.41) is 0. The van der Waals surface area contributed by atoms with Crippen LogP contribution in [0.5, 0.6) is 0 Å². The van der Waals surface area contributed by atoms with Crippen LogP contribution >= 0.6 is 0 Å². The van der Waals surface area contributed by atoms with Crippen LogP contribution in [0.3, 0.4) is 0 Å². The highest BCUT2D eigenvalue weighted by atomic mass is 16.7. The molecule has 1 atom stereocenters.